The number of hydrogen-bond acceptors (Lipinski definition) is 2. The number of carbonyl (C=O) groups is 2. The van der Waals surface area contributed by atoms with Crippen molar-refractivity contribution in [3.8, 4) is 0 Å². The number of benzene rings is 1. The lowest BCUT2D eigenvalue weighted by Gasteiger charge is -1.92. The molecule has 3 heteroatoms. The lowest BCUT2D eigenvalue weighted by atomic mass is 10.1. The maximum absolute atomic E-state index is 10.4. The van der Waals surface area contributed by atoms with Gasteiger partial charge in [0.05, 0.1) is 0 Å². The number of halogens is 1. The van der Waals surface area contributed by atoms with Crippen LogP contribution in [0.4, 0.5) is 0 Å². The molecule has 66 valence electrons. The molecule has 0 radical (unpaired) electrons. The van der Waals surface area contributed by atoms with Gasteiger partial charge in [-0.3, -0.25) is 9.59 Å². The SMILES string of the molecule is O=Cc1ccc(/C=C/C(=O)Cl)cc1. The van der Waals surface area contributed by atoms with Crippen LogP contribution in [-0.4, -0.2) is 11.5 Å². The van der Waals surface area contributed by atoms with Crippen LogP contribution in [0.15, 0.2) is 30.3 Å². The minimum Gasteiger partial charge on any atom is -0.298 e. The zero-order chi connectivity index (χ0) is 9.68. The van der Waals surface area contributed by atoms with Crippen molar-refractivity contribution in [2.75, 3.05) is 0 Å². The largest absolute Gasteiger partial charge is 0.298 e. The predicted molar refractivity (Wildman–Crippen MR) is 51.7 cm³/mol. The molecule has 13 heavy (non-hydrogen) atoms. The number of hydrogen-bond donors (Lipinski definition) is 0. The molecule has 1 aromatic carbocycles. The highest BCUT2D eigenvalue weighted by Gasteiger charge is 1.90. The third-order valence-corrected chi connectivity index (χ3v) is 1.61. The fraction of sp³-hybridized carbons (Fsp3) is 0. The van der Waals surface area contributed by atoms with Crippen molar-refractivity contribution >= 4 is 29.2 Å². The van der Waals surface area contributed by atoms with Gasteiger partial charge >= 0.3 is 0 Å². The summed E-state index contributed by atoms with van der Waals surface area (Å²) in [6.07, 6.45) is 3.61. The van der Waals surface area contributed by atoms with Crippen LogP contribution in [0.1, 0.15) is 15.9 Å². The van der Waals surface area contributed by atoms with Crippen LogP contribution in [0, 0.1) is 0 Å². The third-order valence-electron chi connectivity index (χ3n) is 1.48. The summed E-state index contributed by atoms with van der Waals surface area (Å²) in [6, 6.07) is 6.82. The van der Waals surface area contributed by atoms with Crippen LogP contribution < -0.4 is 0 Å². The van der Waals surface area contributed by atoms with Crippen molar-refractivity contribution in [1.82, 2.24) is 0 Å². The van der Waals surface area contributed by atoms with E-state index in [1.807, 2.05) is 0 Å². The van der Waals surface area contributed by atoms with E-state index in [1.54, 1.807) is 30.3 Å². The van der Waals surface area contributed by atoms with Crippen LogP contribution in [0.3, 0.4) is 0 Å². The van der Waals surface area contributed by atoms with Crippen molar-refractivity contribution in [2.45, 2.75) is 0 Å². The van der Waals surface area contributed by atoms with Gasteiger partial charge in [-0.25, -0.2) is 0 Å². The van der Waals surface area contributed by atoms with Gasteiger partial charge in [0, 0.05) is 5.56 Å². The number of carbonyl (C=O) groups excluding carboxylic acids is 2. The highest BCUT2D eigenvalue weighted by atomic mass is 35.5. The Kier molecular flexibility index (Phi) is 3.41. The van der Waals surface area contributed by atoms with Gasteiger partial charge < -0.3 is 0 Å². The highest BCUT2D eigenvalue weighted by molar-refractivity contribution is 6.66. The van der Waals surface area contributed by atoms with Crippen LogP contribution in [0.2, 0.25) is 0 Å². The average molecular weight is 195 g/mol. The first-order chi connectivity index (χ1) is 6.22. The summed E-state index contributed by atoms with van der Waals surface area (Å²) in [4.78, 5) is 20.7. The Hall–Kier alpha value is -1.41. The third kappa shape index (κ3) is 3.22. The molecule has 2 nitrogen and oxygen atoms in total. The van der Waals surface area contributed by atoms with Gasteiger partial charge in [-0.1, -0.05) is 30.3 Å². The molecular weight excluding hydrogens is 188 g/mol. The Morgan fingerprint density at radius 3 is 2.15 bits per heavy atom. The minimum atomic E-state index is -0.514. The van der Waals surface area contributed by atoms with Gasteiger partial charge in [0.2, 0.25) is 5.24 Å². The summed E-state index contributed by atoms with van der Waals surface area (Å²) in [5.74, 6) is 0. The molecule has 0 aliphatic heterocycles. The first-order valence-corrected chi connectivity index (χ1v) is 4.03. The molecule has 0 saturated heterocycles. The van der Waals surface area contributed by atoms with Crippen LogP contribution in [0.5, 0.6) is 0 Å². The summed E-state index contributed by atoms with van der Waals surface area (Å²) in [7, 11) is 0. The molecule has 0 heterocycles. The molecule has 0 atom stereocenters. The van der Waals surface area contributed by atoms with Crippen molar-refractivity contribution in [3.05, 3.63) is 41.5 Å². The summed E-state index contributed by atoms with van der Waals surface area (Å²) in [6.45, 7) is 0. The topological polar surface area (TPSA) is 34.1 Å². The lowest BCUT2D eigenvalue weighted by Crippen LogP contribution is -1.80. The van der Waals surface area contributed by atoms with Gasteiger partial charge in [0.25, 0.3) is 0 Å². The summed E-state index contributed by atoms with van der Waals surface area (Å²) >= 11 is 5.10. The Morgan fingerprint density at radius 2 is 1.69 bits per heavy atom. The first-order valence-electron chi connectivity index (χ1n) is 3.65. The normalized spacial score (nSPS) is 10.2. The van der Waals surface area contributed by atoms with E-state index in [-0.39, 0.29) is 0 Å². The summed E-state index contributed by atoms with van der Waals surface area (Å²) < 4.78 is 0. The Morgan fingerprint density at radius 1 is 1.15 bits per heavy atom. The number of rotatable bonds is 3. The lowest BCUT2D eigenvalue weighted by molar-refractivity contribution is -0.107. The van der Waals surface area contributed by atoms with Crippen LogP contribution >= 0.6 is 11.6 Å². The second-order valence-corrected chi connectivity index (χ2v) is 2.79. The molecule has 0 N–H and O–H groups in total. The van der Waals surface area contributed by atoms with Gasteiger partial charge in [0.15, 0.2) is 0 Å². The van der Waals surface area contributed by atoms with E-state index in [4.69, 9.17) is 11.6 Å². The molecule has 0 aliphatic rings. The van der Waals surface area contributed by atoms with E-state index in [9.17, 15) is 9.59 Å². The summed E-state index contributed by atoms with van der Waals surface area (Å²) in [5, 5.41) is -0.514. The van der Waals surface area contributed by atoms with E-state index < -0.39 is 5.24 Å². The molecule has 0 aromatic heterocycles. The predicted octanol–water partition coefficient (Wildman–Crippen LogP) is 2.28. The monoisotopic (exact) mass is 194 g/mol. The molecule has 0 saturated carbocycles. The van der Waals surface area contributed by atoms with E-state index in [1.165, 1.54) is 6.08 Å². The molecule has 0 aliphatic carbocycles. The molecule has 0 bridgehead atoms. The standard InChI is InChI=1S/C10H7ClO2/c11-10(13)6-5-8-1-3-9(7-12)4-2-8/h1-7H/b6-5+. The van der Waals surface area contributed by atoms with E-state index in [0.717, 1.165) is 11.8 Å². The fourth-order valence-electron chi connectivity index (χ4n) is 0.847. The van der Waals surface area contributed by atoms with Crippen molar-refractivity contribution in [1.29, 1.82) is 0 Å². The molecule has 0 fully saturated rings. The molecular formula is C10H7ClO2. The van der Waals surface area contributed by atoms with Gasteiger partial charge in [0.1, 0.15) is 6.29 Å². The molecule has 1 rings (SSSR count). The van der Waals surface area contributed by atoms with Gasteiger partial charge in [-0.05, 0) is 23.2 Å². The van der Waals surface area contributed by atoms with Crippen molar-refractivity contribution in [3.63, 3.8) is 0 Å². The number of allylic oxidation sites excluding steroid dienone is 1. The molecule has 0 unspecified atom stereocenters. The van der Waals surface area contributed by atoms with E-state index in [0.29, 0.717) is 5.56 Å². The first kappa shape index (κ1) is 9.68. The number of aldehydes is 1. The van der Waals surface area contributed by atoms with Crippen molar-refractivity contribution < 1.29 is 9.59 Å². The van der Waals surface area contributed by atoms with Crippen LogP contribution in [0.25, 0.3) is 6.08 Å². The van der Waals surface area contributed by atoms with Gasteiger partial charge in [-0.15, -0.1) is 0 Å². The zero-order valence-corrected chi connectivity index (χ0v) is 7.49. The van der Waals surface area contributed by atoms with E-state index in [2.05, 4.69) is 0 Å². The highest BCUT2D eigenvalue weighted by Crippen LogP contribution is 2.04. The maximum Gasteiger partial charge on any atom is 0.245 e. The van der Waals surface area contributed by atoms with Crippen molar-refractivity contribution in [2.24, 2.45) is 0 Å². The quantitative estimate of drug-likeness (QED) is 0.420. The second-order valence-electron chi connectivity index (χ2n) is 2.42. The minimum absolute atomic E-state index is 0.514. The van der Waals surface area contributed by atoms with Crippen LogP contribution in [-0.2, 0) is 4.79 Å². The Balaban J connectivity index is 2.80. The smallest absolute Gasteiger partial charge is 0.245 e. The summed E-state index contributed by atoms with van der Waals surface area (Å²) in [5.41, 5.74) is 1.44. The van der Waals surface area contributed by atoms with Gasteiger partial charge in [-0.2, -0.15) is 0 Å². The Labute approximate surface area is 80.8 Å². The Bertz CT molecular complexity index is 338. The molecule has 1 aromatic rings. The zero-order valence-electron chi connectivity index (χ0n) is 6.74. The fourth-order valence-corrected chi connectivity index (χ4v) is 0.910. The average Bonchev–Trinajstić information content (AvgIpc) is 2.15. The maximum atomic E-state index is 10.4. The molecule has 0 spiro atoms. The molecule has 0 amide bonds. The van der Waals surface area contributed by atoms with E-state index >= 15 is 0 Å². The second kappa shape index (κ2) is 4.58.